The molecule has 0 atom stereocenters. The molecule has 0 saturated heterocycles. The van der Waals surface area contributed by atoms with Gasteiger partial charge < -0.3 is 9.47 Å². The van der Waals surface area contributed by atoms with Crippen molar-refractivity contribution in [3.8, 4) is 0 Å². The molecule has 5 nitrogen and oxygen atoms in total. The molecule has 0 unspecified atom stereocenters. The highest BCUT2D eigenvalue weighted by Gasteiger charge is 1.96. The van der Waals surface area contributed by atoms with Crippen molar-refractivity contribution in [2.45, 2.75) is 0 Å². The number of methoxy groups -OCH3 is 1. The summed E-state index contributed by atoms with van der Waals surface area (Å²) in [4.78, 5) is 22.8. The van der Waals surface area contributed by atoms with Crippen LogP contribution in [-0.2, 0) is 19.1 Å². The molecule has 0 radical (unpaired) electrons. The van der Waals surface area contributed by atoms with Gasteiger partial charge in [-0.05, 0) is 0 Å². The zero-order valence-corrected chi connectivity index (χ0v) is 5.49. The molecule has 0 aromatic heterocycles. The Balaban J connectivity index is 3.19. The molecule has 0 rings (SSSR count). The largest absolute Gasteiger partial charge is 0.467 e. The maximum atomic E-state index is 10.3. The number of hydrogen-bond acceptors (Lipinski definition) is 5. The minimum atomic E-state index is -0.499. The molecule has 0 spiro atoms. The van der Waals surface area contributed by atoms with Crippen LogP contribution in [0.5, 0.6) is 0 Å². The van der Waals surface area contributed by atoms with Crippen molar-refractivity contribution >= 4 is 12.0 Å². The highest BCUT2D eigenvalue weighted by atomic mass is 16.6. The quantitative estimate of drug-likeness (QED) is 0.231. The van der Waals surface area contributed by atoms with Gasteiger partial charge in [-0.1, -0.05) is 0 Å². The molecule has 0 bridgehead atoms. The summed E-state index contributed by atoms with van der Waals surface area (Å²) in [7, 11) is 1.24. The van der Waals surface area contributed by atoms with Crippen LogP contribution in [0.2, 0.25) is 0 Å². The summed E-state index contributed by atoms with van der Waals surface area (Å²) >= 11 is 0. The predicted octanol–water partition coefficient (Wildman–Crippen LogP) is -0.531. The first-order valence-electron chi connectivity index (χ1n) is 2.49. The van der Waals surface area contributed by atoms with E-state index in [9.17, 15) is 9.59 Å². The van der Waals surface area contributed by atoms with E-state index >= 15 is 0 Å². The Bertz CT molecular complexity index is 150. The first-order valence-corrected chi connectivity index (χ1v) is 2.49. The van der Waals surface area contributed by atoms with E-state index in [1.807, 2.05) is 0 Å². The molecular formula is C5H7NO4. The van der Waals surface area contributed by atoms with Crippen LogP contribution in [0.25, 0.3) is 0 Å². The summed E-state index contributed by atoms with van der Waals surface area (Å²) in [6.07, 6.45) is 1.26. The Morgan fingerprint density at radius 2 is 2.40 bits per heavy atom. The summed E-state index contributed by atoms with van der Waals surface area (Å²) in [5.74, 6) is -0.499. The lowest BCUT2D eigenvalue weighted by Crippen LogP contribution is -2.09. The van der Waals surface area contributed by atoms with Gasteiger partial charge in [0, 0.05) is 0 Å². The van der Waals surface area contributed by atoms with Crippen LogP contribution >= 0.6 is 0 Å². The Kier molecular flexibility index (Phi) is 5.23. The summed E-state index contributed by atoms with van der Waals surface area (Å²) in [5.41, 5.74) is 0. The van der Waals surface area contributed by atoms with Gasteiger partial charge in [0.25, 0.3) is 0 Å². The average Bonchev–Trinajstić information content (AvgIpc) is 1.98. The van der Waals surface area contributed by atoms with E-state index in [0.29, 0.717) is 0 Å². The molecule has 0 aromatic rings. The van der Waals surface area contributed by atoms with E-state index < -0.39 is 5.97 Å². The Hall–Kier alpha value is -1.19. The summed E-state index contributed by atoms with van der Waals surface area (Å²) in [6.45, 7) is -0.347. The maximum Gasteiger partial charge on any atom is 0.331 e. The first-order chi connectivity index (χ1) is 4.81. The maximum absolute atomic E-state index is 10.3. The third-order valence-electron chi connectivity index (χ3n) is 0.668. The number of aliphatic imine (C=N–C) groups is 1. The monoisotopic (exact) mass is 145 g/mol. The number of carbonyl (C=O) groups is 1. The van der Waals surface area contributed by atoms with E-state index in [4.69, 9.17) is 0 Å². The van der Waals surface area contributed by atoms with E-state index in [0.717, 1.165) is 0 Å². The highest BCUT2D eigenvalue weighted by molar-refractivity contribution is 5.70. The molecule has 0 N–H and O–H groups in total. The molecule has 0 aliphatic heterocycles. The lowest BCUT2D eigenvalue weighted by atomic mass is 10.7. The van der Waals surface area contributed by atoms with Crippen LogP contribution in [0.3, 0.4) is 0 Å². The SMILES string of the molecule is COC(=O)COCN=C=O. The second kappa shape index (κ2) is 5.94. The number of ether oxygens (including phenoxy) is 2. The number of nitrogens with zero attached hydrogens (tertiary/aromatic N) is 1. The Morgan fingerprint density at radius 1 is 1.70 bits per heavy atom. The second-order valence-electron chi connectivity index (χ2n) is 1.30. The van der Waals surface area contributed by atoms with Crippen LogP contribution in [0.15, 0.2) is 4.99 Å². The van der Waals surface area contributed by atoms with Gasteiger partial charge in [-0.15, -0.1) is 0 Å². The van der Waals surface area contributed by atoms with Crippen LogP contribution in [0, 0.1) is 0 Å². The molecule has 0 amide bonds. The van der Waals surface area contributed by atoms with Gasteiger partial charge in [-0.3, -0.25) is 0 Å². The van der Waals surface area contributed by atoms with Gasteiger partial charge in [0.05, 0.1) is 7.11 Å². The fourth-order valence-corrected chi connectivity index (χ4v) is 0.260. The zero-order valence-electron chi connectivity index (χ0n) is 5.49. The Morgan fingerprint density at radius 3 is 2.90 bits per heavy atom. The molecule has 0 fully saturated rings. The van der Waals surface area contributed by atoms with Crippen LogP contribution in [0.1, 0.15) is 0 Å². The van der Waals surface area contributed by atoms with Crippen molar-refractivity contribution in [1.29, 1.82) is 0 Å². The number of rotatable bonds is 4. The van der Waals surface area contributed by atoms with Crippen LogP contribution < -0.4 is 0 Å². The van der Waals surface area contributed by atoms with Gasteiger partial charge >= 0.3 is 5.97 Å². The number of carbonyl (C=O) groups excluding carboxylic acids is 2. The van der Waals surface area contributed by atoms with Gasteiger partial charge in [-0.2, -0.15) is 4.99 Å². The fourth-order valence-electron chi connectivity index (χ4n) is 0.260. The molecule has 56 valence electrons. The molecule has 0 aromatic carbocycles. The normalized spacial score (nSPS) is 8.10. The molecular weight excluding hydrogens is 138 g/mol. The zero-order chi connectivity index (χ0) is 7.82. The van der Waals surface area contributed by atoms with Gasteiger partial charge in [0.1, 0.15) is 6.61 Å². The molecule has 0 saturated carbocycles. The third-order valence-corrected chi connectivity index (χ3v) is 0.668. The van der Waals surface area contributed by atoms with Gasteiger partial charge in [-0.25, -0.2) is 9.59 Å². The minimum Gasteiger partial charge on any atom is -0.467 e. The summed E-state index contributed by atoms with van der Waals surface area (Å²) < 4.78 is 8.75. The molecule has 0 heterocycles. The number of hydrogen-bond donors (Lipinski definition) is 0. The van der Waals surface area contributed by atoms with Crippen LogP contribution in [0.4, 0.5) is 0 Å². The molecule has 10 heavy (non-hydrogen) atoms. The van der Waals surface area contributed by atoms with Crippen LogP contribution in [-0.4, -0.2) is 32.5 Å². The fraction of sp³-hybridized carbons (Fsp3) is 0.600. The topological polar surface area (TPSA) is 65.0 Å². The summed E-state index contributed by atoms with van der Waals surface area (Å²) in [6, 6.07) is 0. The van der Waals surface area contributed by atoms with E-state index in [1.54, 1.807) is 0 Å². The van der Waals surface area contributed by atoms with E-state index in [2.05, 4.69) is 14.5 Å². The molecule has 0 aliphatic carbocycles. The Labute approximate surface area is 57.6 Å². The van der Waals surface area contributed by atoms with Gasteiger partial charge in [0.2, 0.25) is 6.08 Å². The average molecular weight is 145 g/mol. The van der Waals surface area contributed by atoms with Crippen molar-refractivity contribution in [2.24, 2.45) is 4.99 Å². The number of esters is 1. The minimum absolute atomic E-state index is 0.154. The van der Waals surface area contributed by atoms with Crippen molar-refractivity contribution in [3.05, 3.63) is 0 Å². The van der Waals surface area contributed by atoms with E-state index in [1.165, 1.54) is 13.2 Å². The first kappa shape index (κ1) is 8.81. The van der Waals surface area contributed by atoms with Gasteiger partial charge in [0.15, 0.2) is 6.73 Å². The lowest BCUT2D eigenvalue weighted by Gasteiger charge is -1.95. The van der Waals surface area contributed by atoms with Crippen molar-refractivity contribution < 1.29 is 19.1 Å². The van der Waals surface area contributed by atoms with Crippen molar-refractivity contribution in [3.63, 3.8) is 0 Å². The second-order valence-corrected chi connectivity index (χ2v) is 1.30. The summed E-state index contributed by atoms with van der Waals surface area (Å²) in [5, 5.41) is 0. The van der Waals surface area contributed by atoms with Crippen molar-refractivity contribution in [2.75, 3.05) is 20.4 Å². The van der Waals surface area contributed by atoms with E-state index in [-0.39, 0.29) is 13.3 Å². The number of isocyanates is 1. The molecule has 5 heteroatoms. The smallest absolute Gasteiger partial charge is 0.331 e. The van der Waals surface area contributed by atoms with Crippen molar-refractivity contribution in [1.82, 2.24) is 0 Å². The molecule has 0 aliphatic rings. The third kappa shape index (κ3) is 4.96. The lowest BCUT2D eigenvalue weighted by molar-refractivity contribution is -0.145. The predicted molar refractivity (Wildman–Crippen MR) is 31.0 cm³/mol. The highest BCUT2D eigenvalue weighted by Crippen LogP contribution is 1.77. The standard InChI is InChI=1S/C5H7NO4/c1-9-5(8)2-10-4-6-3-7/h2,4H2,1H3.